The molecule has 0 aliphatic heterocycles. The molecule has 8 heteroatoms. The van der Waals surface area contributed by atoms with Gasteiger partial charge in [-0.3, -0.25) is 4.79 Å². The molecule has 0 aromatic carbocycles. The summed E-state index contributed by atoms with van der Waals surface area (Å²) in [6.07, 6.45) is -0.273. The Hall–Kier alpha value is -1.83. The Bertz CT molecular complexity index is 319. The van der Waals surface area contributed by atoms with Gasteiger partial charge in [0.25, 0.3) is 0 Å². The van der Waals surface area contributed by atoms with E-state index in [1.807, 2.05) is 6.92 Å². The zero-order valence-corrected chi connectivity index (χ0v) is 11.1. The summed E-state index contributed by atoms with van der Waals surface area (Å²) in [5.74, 6) is -1.52. The Kier molecular flexibility index (Phi) is 8.27. The molecule has 5 N–H and O–H groups in total. The van der Waals surface area contributed by atoms with Crippen molar-refractivity contribution >= 4 is 17.9 Å². The highest BCUT2D eigenvalue weighted by Crippen LogP contribution is 1.92. The summed E-state index contributed by atoms with van der Waals surface area (Å²) in [7, 11) is 0. The zero-order chi connectivity index (χ0) is 14.8. The summed E-state index contributed by atoms with van der Waals surface area (Å²) >= 11 is 0. The molecule has 0 aliphatic rings. The highest BCUT2D eigenvalue weighted by Gasteiger charge is 2.24. The predicted octanol–water partition coefficient (Wildman–Crippen LogP) is -0.964. The largest absolute Gasteiger partial charge is 0.480 e. The Morgan fingerprint density at radius 2 is 1.79 bits per heavy atom. The summed E-state index contributed by atoms with van der Waals surface area (Å²) < 4.78 is 0. The number of rotatable bonds is 8. The van der Waals surface area contributed by atoms with Crippen LogP contribution >= 0.6 is 0 Å². The maximum atomic E-state index is 11.3. The molecule has 0 fully saturated rings. The van der Waals surface area contributed by atoms with Gasteiger partial charge in [-0.2, -0.15) is 0 Å². The number of hydrogen-bond acceptors (Lipinski definition) is 4. The quantitative estimate of drug-likeness (QED) is 0.389. The number of amides is 3. The lowest BCUT2D eigenvalue weighted by molar-refractivity contribution is -0.141. The summed E-state index contributed by atoms with van der Waals surface area (Å²) in [5.41, 5.74) is 0. The van der Waals surface area contributed by atoms with Gasteiger partial charge in [0.2, 0.25) is 5.91 Å². The Morgan fingerprint density at radius 3 is 2.26 bits per heavy atom. The molecular formula is C11H21N3O5. The van der Waals surface area contributed by atoms with Gasteiger partial charge in [-0.25, -0.2) is 9.59 Å². The van der Waals surface area contributed by atoms with Crippen LogP contribution in [0.5, 0.6) is 0 Å². The van der Waals surface area contributed by atoms with Gasteiger partial charge in [0.15, 0.2) is 6.04 Å². The Balaban J connectivity index is 3.92. The van der Waals surface area contributed by atoms with E-state index in [9.17, 15) is 14.4 Å². The molecule has 0 heterocycles. The fourth-order valence-electron chi connectivity index (χ4n) is 1.22. The van der Waals surface area contributed by atoms with Crippen LogP contribution in [0.15, 0.2) is 0 Å². The smallest absolute Gasteiger partial charge is 0.328 e. The van der Waals surface area contributed by atoms with Crippen molar-refractivity contribution in [2.75, 3.05) is 13.1 Å². The molecular weight excluding hydrogens is 254 g/mol. The summed E-state index contributed by atoms with van der Waals surface area (Å²) in [6.45, 7) is 3.85. The molecule has 2 unspecified atom stereocenters. The summed E-state index contributed by atoms with van der Waals surface area (Å²) in [4.78, 5) is 33.2. The van der Waals surface area contributed by atoms with Crippen molar-refractivity contribution in [3.05, 3.63) is 0 Å². The molecule has 2 atom stereocenters. The molecule has 110 valence electrons. The zero-order valence-electron chi connectivity index (χ0n) is 11.1. The van der Waals surface area contributed by atoms with Crippen LogP contribution in [0.25, 0.3) is 0 Å². The van der Waals surface area contributed by atoms with Crippen LogP contribution in [-0.2, 0) is 9.59 Å². The van der Waals surface area contributed by atoms with E-state index in [1.165, 1.54) is 6.92 Å². The van der Waals surface area contributed by atoms with E-state index in [4.69, 9.17) is 10.2 Å². The summed E-state index contributed by atoms with van der Waals surface area (Å²) in [5, 5.41) is 25.0. The van der Waals surface area contributed by atoms with Gasteiger partial charge in [0.1, 0.15) is 0 Å². The van der Waals surface area contributed by atoms with Gasteiger partial charge in [-0.05, 0) is 13.3 Å². The molecule has 0 aliphatic carbocycles. The monoisotopic (exact) mass is 275 g/mol. The average molecular weight is 275 g/mol. The fourth-order valence-corrected chi connectivity index (χ4v) is 1.22. The van der Waals surface area contributed by atoms with E-state index >= 15 is 0 Å². The van der Waals surface area contributed by atoms with Gasteiger partial charge in [-0.1, -0.05) is 6.92 Å². The molecule has 0 aromatic rings. The van der Waals surface area contributed by atoms with Crippen LogP contribution < -0.4 is 16.0 Å². The Labute approximate surface area is 111 Å². The van der Waals surface area contributed by atoms with Crippen molar-refractivity contribution in [1.29, 1.82) is 0 Å². The lowest BCUT2D eigenvalue weighted by Gasteiger charge is -2.17. The van der Waals surface area contributed by atoms with Crippen LogP contribution in [0.1, 0.15) is 26.7 Å². The normalized spacial score (nSPS) is 13.2. The molecule has 0 spiro atoms. The first-order valence-corrected chi connectivity index (χ1v) is 6.10. The SMILES string of the molecule is CCCNC(=O)CCNC(=O)NC(C(=O)O)C(C)O. The lowest BCUT2D eigenvalue weighted by Crippen LogP contribution is -2.51. The van der Waals surface area contributed by atoms with E-state index in [1.54, 1.807) is 0 Å². The van der Waals surface area contributed by atoms with E-state index in [0.717, 1.165) is 6.42 Å². The molecule has 8 nitrogen and oxygen atoms in total. The second kappa shape index (κ2) is 9.15. The van der Waals surface area contributed by atoms with E-state index in [-0.39, 0.29) is 18.9 Å². The number of urea groups is 1. The molecule has 0 bridgehead atoms. The van der Waals surface area contributed by atoms with Crippen molar-refractivity contribution in [2.45, 2.75) is 38.8 Å². The van der Waals surface area contributed by atoms with Crippen molar-refractivity contribution in [3.8, 4) is 0 Å². The molecule has 0 saturated heterocycles. The number of carbonyl (C=O) groups excluding carboxylic acids is 2. The van der Waals surface area contributed by atoms with Gasteiger partial charge >= 0.3 is 12.0 Å². The number of carboxylic acid groups (broad SMARTS) is 1. The first kappa shape index (κ1) is 17.2. The first-order valence-electron chi connectivity index (χ1n) is 6.10. The number of carbonyl (C=O) groups is 3. The van der Waals surface area contributed by atoms with E-state index < -0.39 is 24.1 Å². The van der Waals surface area contributed by atoms with Crippen LogP contribution in [0, 0.1) is 0 Å². The Morgan fingerprint density at radius 1 is 1.16 bits per heavy atom. The summed E-state index contributed by atoms with van der Waals surface area (Å²) in [6, 6.07) is -2.12. The number of carboxylic acids is 1. The number of aliphatic hydroxyl groups is 1. The average Bonchev–Trinajstić information content (AvgIpc) is 2.32. The van der Waals surface area contributed by atoms with Crippen LogP contribution in [-0.4, -0.2) is 53.4 Å². The lowest BCUT2D eigenvalue weighted by atomic mass is 10.2. The molecule has 0 radical (unpaired) electrons. The second-order valence-electron chi connectivity index (χ2n) is 4.06. The fraction of sp³-hybridized carbons (Fsp3) is 0.727. The molecule has 3 amide bonds. The maximum absolute atomic E-state index is 11.3. The number of aliphatic hydroxyl groups excluding tert-OH is 1. The third kappa shape index (κ3) is 7.98. The topological polar surface area (TPSA) is 128 Å². The molecule has 0 rings (SSSR count). The van der Waals surface area contributed by atoms with Gasteiger partial charge in [0.05, 0.1) is 6.10 Å². The second-order valence-corrected chi connectivity index (χ2v) is 4.06. The van der Waals surface area contributed by atoms with E-state index in [2.05, 4.69) is 16.0 Å². The standard InChI is InChI=1S/C11H21N3O5/c1-3-5-12-8(16)4-6-13-11(19)14-9(7(2)15)10(17)18/h7,9,15H,3-6H2,1-2H3,(H,12,16)(H,17,18)(H2,13,14,19). The predicted molar refractivity (Wildman–Crippen MR) is 67.6 cm³/mol. The number of nitrogens with one attached hydrogen (secondary N) is 3. The molecule has 0 aromatic heterocycles. The highest BCUT2D eigenvalue weighted by molar-refractivity contribution is 5.83. The minimum absolute atomic E-state index is 0.0908. The highest BCUT2D eigenvalue weighted by atomic mass is 16.4. The van der Waals surface area contributed by atoms with Crippen LogP contribution in [0.2, 0.25) is 0 Å². The first-order chi connectivity index (χ1) is 8.88. The third-order valence-electron chi connectivity index (χ3n) is 2.24. The van der Waals surface area contributed by atoms with Crippen LogP contribution in [0.3, 0.4) is 0 Å². The van der Waals surface area contributed by atoms with Crippen LogP contribution in [0.4, 0.5) is 4.79 Å². The minimum Gasteiger partial charge on any atom is -0.480 e. The maximum Gasteiger partial charge on any atom is 0.328 e. The van der Waals surface area contributed by atoms with Gasteiger partial charge in [-0.15, -0.1) is 0 Å². The molecule has 19 heavy (non-hydrogen) atoms. The van der Waals surface area contributed by atoms with Crippen molar-refractivity contribution in [2.24, 2.45) is 0 Å². The van der Waals surface area contributed by atoms with Gasteiger partial charge < -0.3 is 26.2 Å². The van der Waals surface area contributed by atoms with Crippen molar-refractivity contribution < 1.29 is 24.6 Å². The van der Waals surface area contributed by atoms with Crippen molar-refractivity contribution in [3.63, 3.8) is 0 Å². The van der Waals surface area contributed by atoms with E-state index in [0.29, 0.717) is 6.54 Å². The third-order valence-corrected chi connectivity index (χ3v) is 2.24. The number of aliphatic carboxylic acids is 1. The minimum atomic E-state index is -1.38. The van der Waals surface area contributed by atoms with Crippen molar-refractivity contribution in [1.82, 2.24) is 16.0 Å². The molecule has 0 saturated carbocycles. The number of hydrogen-bond donors (Lipinski definition) is 5. The van der Waals surface area contributed by atoms with Gasteiger partial charge in [0, 0.05) is 19.5 Å².